The van der Waals surface area contributed by atoms with E-state index in [-0.39, 0.29) is 5.82 Å². The summed E-state index contributed by atoms with van der Waals surface area (Å²) in [6.07, 6.45) is 1.63. The zero-order valence-corrected chi connectivity index (χ0v) is 16.4. The number of carbonyl (C=O) groups is 1. The minimum Gasteiger partial charge on any atom is -0.464 e. The molecule has 5 aromatic rings. The van der Waals surface area contributed by atoms with Gasteiger partial charge in [-0.2, -0.15) is 0 Å². The summed E-state index contributed by atoms with van der Waals surface area (Å²) in [6, 6.07) is 20.5. The monoisotopic (exact) mass is 398 g/mol. The number of hydrogen-bond acceptors (Lipinski definition) is 2. The Bertz CT molecular complexity index is 1410. The third-order valence-corrected chi connectivity index (χ3v) is 5.56. The van der Waals surface area contributed by atoms with Gasteiger partial charge in [0, 0.05) is 27.5 Å². The van der Waals surface area contributed by atoms with Crippen molar-refractivity contribution in [2.45, 2.75) is 13.5 Å². The molecule has 0 spiro atoms. The van der Waals surface area contributed by atoms with E-state index in [1.54, 1.807) is 37.5 Å². The number of nitrogens with zero attached hydrogens (tertiary/aromatic N) is 1. The first kappa shape index (κ1) is 18.2. The van der Waals surface area contributed by atoms with Crippen LogP contribution in [0.2, 0.25) is 0 Å². The molecular weight excluding hydrogens is 379 g/mol. The van der Waals surface area contributed by atoms with Crippen LogP contribution >= 0.6 is 0 Å². The van der Waals surface area contributed by atoms with Gasteiger partial charge in [0.25, 0.3) is 0 Å². The Kier molecular flexibility index (Phi) is 4.17. The van der Waals surface area contributed by atoms with E-state index in [2.05, 4.69) is 0 Å². The zero-order chi connectivity index (χ0) is 20.8. The molecule has 1 amide bonds. The quantitative estimate of drug-likeness (QED) is 0.425. The topological polar surface area (TPSA) is 61.2 Å². The van der Waals surface area contributed by atoms with E-state index in [0.29, 0.717) is 23.2 Å². The number of aromatic nitrogens is 1. The van der Waals surface area contributed by atoms with E-state index in [1.165, 1.54) is 0 Å². The molecule has 0 aliphatic heterocycles. The van der Waals surface area contributed by atoms with Crippen LogP contribution in [0.4, 0.5) is 4.39 Å². The Labute approximate surface area is 172 Å². The van der Waals surface area contributed by atoms with Gasteiger partial charge in [-0.15, -0.1) is 0 Å². The van der Waals surface area contributed by atoms with Crippen molar-refractivity contribution in [2.75, 3.05) is 0 Å². The molecule has 0 bridgehead atoms. The van der Waals surface area contributed by atoms with Gasteiger partial charge in [-0.3, -0.25) is 4.79 Å². The van der Waals surface area contributed by atoms with Crippen molar-refractivity contribution in [3.05, 3.63) is 95.5 Å². The lowest BCUT2D eigenvalue weighted by Gasteiger charge is -2.11. The Morgan fingerprint density at radius 1 is 1.03 bits per heavy atom. The number of aryl methyl sites for hydroxylation is 1. The molecule has 5 rings (SSSR count). The van der Waals surface area contributed by atoms with Crippen molar-refractivity contribution in [2.24, 2.45) is 5.73 Å². The fraction of sp³-hybridized carbons (Fsp3) is 0.0800. The Balaban J connectivity index is 1.83. The van der Waals surface area contributed by atoms with Gasteiger partial charge in [0.05, 0.1) is 23.8 Å². The van der Waals surface area contributed by atoms with Crippen LogP contribution in [0.25, 0.3) is 33.1 Å². The first-order valence-corrected chi connectivity index (χ1v) is 9.67. The highest BCUT2D eigenvalue weighted by Gasteiger charge is 2.18. The van der Waals surface area contributed by atoms with Crippen LogP contribution in [-0.2, 0) is 6.54 Å². The van der Waals surface area contributed by atoms with Crippen LogP contribution in [0.3, 0.4) is 0 Å². The second-order valence-electron chi connectivity index (χ2n) is 7.41. The molecule has 148 valence electrons. The van der Waals surface area contributed by atoms with E-state index in [1.807, 2.05) is 47.0 Å². The molecule has 0 saturated heterocycles. The first-order chi connectivity index (χ1) is 14.5. The van der Waals surface area contributed by atoms with E-state index >= 15 is 0 Å². The molecule has 5 heteroatoms. The van der Waals surface area contributed by atoms with Gasteiger partial charge in [0.1, 0.15) is 11.6 Å². The van der Waals surface area contributed by atoms with E-state index in [4.69, 9.17) is 10.2 Å². The average molecular weight is 398 g/mol. The summed E-state index contributed by atoms with van der Waals surface area (Å²) in [7, 11) is 0. The number of benzene rings is 3. The standard InChI is InChI=1S/C25H19FN2O2/c1-15-5-2-6-17(24(15)26)14-28-20-8-3-7-19(25(27)29)23(20)18-11-10-16(13-21(18)28)22-9-4-12-30-22/h2-13H,14H2,1H3,(H2,27,29). The number of fused-ring (bicyclic) bond motifs is 3. The molecule has 30 heavy (non-hydrogen) atoms. The van der Waals surface area contributed by atoms with Crippen LogP contribution in [0.1, 0.15) is 21.5 Å². The Morgan fingerprint density at radius 3 is 2.63 bits per heavy atom. The molecule has 0 unspecified atom stereocenters. The number of rotatable bonds is 4. The van der Waals surface area contributed by atoms with Gasteiger partial charge in [0.2, 0.25) is 5.91 Å². The number of amides is 1. The van der Waals surface area contributed by atoms with Gasteiger partial charge < -0.3 is 14.7 Å². The maximum Gasteiger partial charge on any atom is 0.249 e. The van der Waals surface area contributed by atoms with Gasteiger partial charge in [-0.1, -0.05) is 36.4 Å². The minimum atomic E-state index is -0.489. The van der Waals surface area contributed by atoms with Gasteiger partial charge in [0.15, 0.2) is 0 Å². The van der Waals surface area contributed by atoms with Crippen molar-refractivity contribution < 1.29 is 13.6 Å². The average Bonchev–Trinajstić information content (AvgIpc) is 3.38. The molecule has 3 aromatic carbocycles. The molecule has 0 aliphatic rings. The van der Waals surface area contributed by atoms with Crippen LogP contribution < -0.4 is 5.73 Å². The molecule has 0 radical (unpaired) electrons. The summed E-state index contributed by atoms with van der Waals surface area (Å²) in [6.45, 7) is 2.09. The maximum absolute atomic E-state index is 14.8. The lowest BCUT2D eigenvalue weighted by molar-refractivity contribution is 0.100. The van der Waals surface area contributed by atoms with Crippen molar-refractivity contribution in [1.29, 1.82) is 0 Å². The second-order valence-corrected chi connectivity index (χ2v) is 7.41. The predicted molar refractivity (Wildman–Crippen MR) is 116 cm³/mol. The van der Waals surface area contributed by atoms with Crippen molar-refractivity contribution >= 4 is 27.7 Å². The normalized spacial score (nSPS) is 11.4. The van der Waals surface area contributed by atoms with Crippen molar-refractivity contribution in [3.63, 3.8) is 0 Å². The third-order valence-electron chi connectivity index (χ3n) is 5.56. The van der Waals surface area contributed by atoms with E-state index in [9.17, 15) is 9.18 Å². The summed E-state index contributed by atoms with van der Waals surface area (Å²) in [5.41, 5.74) is 9.92. The Morgan fingerprint density at radius 2 is 1.87 bits per heavy atom. The zero-order valence-electron chi connectivity index (χ0n) is 16.4. The van der Waals surface area contributed by atoms with Gasteiger partial charge in [-0.25, -0.2) is 4.39 Å². The molecule has 2 heterocycles. The number of carbonyl (C=O) groups excluding carboxylic acids is 1. The van der Waals surface area contributed by atoms with Crippen LogP contribution in [0.5, 0.6) is 0 Å². The highest BCUT2D eigenvalue weighted by Crippen LogP contribution is 2.35. The van der Waals surface area contributed by atoms with Crippen LogP contribution in [0.15, 0.2) is 77.4 Å². The number of nitrogens with two attached hydrogens (primary N) is 1. The molecule has 4 nitrogen and oxygen atoms in total. The molecule has 2 N–H and O–H groups in total. The van der Waals surface area contributed by atoms with E-state index < -0.39 is 5.91 Å². The van der Waals surface area contributed by atoms with Crippen molar-refractivity contribution in [1.82, 2.24) is 4.57 Å². The highest BCUT2D eigenvalue weighted by atomic mass is 19.1. The van der Waals surface area contributed by atoms with Crippen LogP contribution in [0, 0.1) is 12.7 Å². The minimum absolute atomic E-state index is 0.222. The largest absolute Gasteiger partial charge is 0.464 e. The fourth-order valence-corrected chi connectivity index (χ4v) is 4.12. The van der Waals surface area contributed by atoms with Crippen LogP contribution in [-0.4, -0.2) is 10.5 Å². The smallest absolute Gasteiger partial charge is 0.249 e. The number of hydrogen-bond donors (Lipinski definition) is 1. The number of halogens is 1. The molecule has 2 aromatic heterocycles. The maximum atomic E-state index is 14.8. The summed E-state index contributed by atoms with van der Waals surface area (Å²) in [5.74, 6) is 0.0304. The molecule has 0 aliphatic carbocycles. The van der Waals surface area contributed by atoms with Gasteiger partial charge in [-0.05, 0) is 42.8 Å². The predicted octanol–water partition coefficient (Wildman–Crippen LogP) is 5.65. The fourth-order valence-electron chi connectivity index (χ4n) is 4.12. The molecule has 0 atom stereocenters. The third kappa shape index (κ3) is 2.78. The highest BCUT2D eigenvalue weighted by molar-refractivity contribution is 6.18. The second kappa shape index (κ2) is 6.88. The summed E-state index contributed by atoms with van der Waals surface area (Å²) >= 11 is 0. The number of primary amides is 1. The lowest BCUT2D eigenvalue weighted by atomic mass is 10.0. The van der Waals surface area contributed by atoms with Gasteiger partial charge >= 0.3 is 0 Å². The summed E-state index contributed by atoms with van der Waals surface area (Å²) in [5, 5.41) is 1.67. The first-order valence-electron chi connectivity index (χ1n) is 9.67. The summed E-state index contributed by atoms with van der Waals surface area (Å²) < 4.78 is 22.4. The summed E-state index contributed by atoms with van der Waals surface area (Å²) in [4.78, 5) is 12.1. The SMILES string of the molecule is Cc1cccc(Cn2c3cc(-c4ccco4)ccc3c3c(C(N)=O)cccc32)c1F. The lowest BCUT2D eigenvalue weighted by Crippen LogP contribution is -2.11. The molecule has 0 fully saturated rings. The number of furan rings is 1. The van der Waals surface area contributed by atoms with Crippen molar-refractivity contribution in [3.8, 4) is 11.3 Å². The molecule has 0 saturated carbocycles. The van der Waals surface area contributed by atoms with E-state index in [0.717, 1.165) is 33.1 Å². The Hall–Kier alpha value is -3.86. The molecular formula is C25H19FN2O2.